The third-order valence-corrected chi connectivity index (χ3v) is 5.72. The molecule has 7 nitrogen and oxygen atoms in total. The smallest absolute Gasteiger partial charge is 0.262 e. The molecule has 0 saturated carbocycles. The zero-order valence-electron chi connectivity index (χ0n) is 16.7. The number of benzene rings is 1. The maximum absolute atomic E-state index is 12.9. The van der Waals surface area contributed by atoms with Crippen LogP contribution in [0.15, 0.2) is 34.2 Å². The van der Waals surface area contributed by atoms with Crippen molar-refractivity contribution >= 4 is 34.3 Å². The van der Waals surface area contributed by atoms with Crippen molar-refractivity contribution in [1.29, 1.82) is 0 Å². The molecule has 0 aliphatic heterocycles. The Hall–Kier alpha value is -2.35. The maximum Gasteiger partial charge on any atom is 0.262 e. The average Bonchev–Trinajstić information content (AvgIpc) is 3.14. The SMILES string of the molecule is CCCCN(C)C(=O)CSc1nnc2n(CCCC)c(=O)c3ccccc3n12. The van der Waals surface area contributed by atoms with E-state index in [0.29, 0.717) is 28.6 Å². The average molecular weight is 402 g/mol. The predicted octanol–water partition coefficient (Wildman–Crippen LogP) is 3.19. The summed E-state index contributed by atoms with van der Waals surface area (Å²) in [5.41, 5.74) is 0.727. The Morgan fingerprint density at radius 1 is 1.14 bits per heavy atom. The van der Waals surface area contributed by atoms with Gasteiger partial charge in [-0.15, -0.1) is 10.2 Å². The van der Waals surface area contributed by atoms with Crippen LogP contribution in [-0.4, -0.2) is 49.3 Å². The Kier molecular flexibility index (Phi) is 6.72. The van der Waals surface area contributed by atoms with Gasteiger partial charge in [0.05, 0.1) is 16.7 Å². The lowest BCUT2D eigenvalue weighted by Crippen LogP contribution is -2.29. The highest BCUT2D eigenvalue weighted by Gasteiger charge is 2.18. The van der Waals surface area contributed by atoms with Crippen LogP contribution in [0.1, 0.15) is 39.5 Å². The largest absolute Gasteiger partial charge is 0.345 e. The molecule has 8 heteroatoms. The van der Waals surface area contributed by atoms with Crippen molar-refractivity contribution in [3.63, 3.8) is 0 Å². The second kappa shape index (κ2) is 9.23. The number of hydrogen-bond donors (Lipinski definition) is 0. The fraction of sp³-hybridized carbons (Fsp3) is 0.500. The molecule has 0 unspecified atom stereocenters. The van der Waals surface area contributed by atoms with Crippen LogP contribution >= 0.6 is 11.8 Å². The zero-order valence-corrected chi connectivity index (χ0v) is 17.5. The van der Waals surface area contributed by atoms with Crippen LogP contribution in [0.5, 0.6) is 0 Å². The molecule has 3 aromatic rings. The van der Waals surface area contributed by atoms with Gasteiger partial charge in [-0.3, -0.25) is 18.6 Å². The van der Waals surface area contributed by atoms with Crippen molar-refractivity contribution in [3.8, 4) is 0 Å². The van der Waals surface area contributed by atoms with Crippen molar-refractivity contribution in [2.75, 3.05) is 19.3 Å². The predicted molar refractivity (Wildman–Crippen MR) is 113 cm³/mol. The fourth-order valence-electron chi connectivity index (χ4n) is 3.10. The molecular formula is C20H27N5O2S. The molecule has 0 fully saturated rings. The Labute approximate surface area is 168 Å². The molecule has 2 aromatic heterocycles. The topological polar surface area (TPSA) is 72.5 Å². The highest BCUT2D eigenvalue weighted by molar-refractivity contribution is 7.99. The summed E-state index contributed by atoms with van der Waals surface area (Å²) in [5.74, 6) is 0.897. The molecular weight excluding hydrogens is 374 g/mol. The standard InChI is InChI=1S/C20H27N5O2S/c1-4-6-12-23(3)17(26)14-28-20-22-21-19-24(13-7-5-2)18(27)15-10-8-9-11-16(15)25(19)20/h8-11H,4-7,12-14H2,1-3H3. The second-order valence-electron chi connectivity index (χ2n) is 6.90. The van der Waals surface area contributed by atoms with Gasteiger partial charge in [0.2, 0.25) is 11.7 Å². The van der Waals surface area contributed by atoms with E-state index in [2.05, 4.69) is 24.0 Å². The molecule has 1 aromatic carbocycles. The van der Waals surface area contributed by atoms with Crippen molar-refractivity contribution in [2.24, 2.45) is 0 Å². The summed E-state index contributed by atoms with van der Waals surface area (Å²) in [6, 6.07) is 7.49. The number of aryl methyl sites for hydroxylation is 1. The van der Waals surface area contributed by atoms with Gasteiger partial charge >= 0.3 is 0 Å². The van der Waals surface area contributed by atoms with Crippen LogP contribution in [0.4, 0.5) is 0 Å². The highest BCUT2D eigenvalue weighted by Crippen LogP contribution is 2.22. The van der Waals surface area contributed by atoms with Gasteiger partial charge in [0, 0.05) is 20.1 Å². The van der Waals surface area contributed by atoms with E-state index >= 15 is 0 Å². The quantitative estimate of drug-likeness (QED) is 0.515. The number of thioether (sulfide) groups is 1. The third-order valence-electron chi connectivity index (χ3n) is 4.81. The van der Waals surface area contributed by atoms with Crippen LogP contribution in [0.3, 0.4) is 0 Å². The second-order valence-corrected chi connectivity index (χ2v) is 7.85. The first-order valence-corrected chi connectivity index (χ1v) is 10.8. The summed E-state index contributed by atoms with van der Waals surface area (Å²) < 4.78 is 3.59. The van der Waals surface area contributed by atoms with Crippen molar-refractivity contribution in [1.82, 2.24) is 24.1 Å². The molecule has 1 amide bonds. The van der Waals surface area contributed by atoms with Gasteiger partial charge in [-0.05, 0) is 25.0 Å². The number of amides is 1. The molecule has 0 radical (unpaired) electrons. The molecule has 2 heterocycles. The minimum atomic E-state index is -0.0455. The number of carbonyl (C=O) groups excluding carboxylic acids is 1. The Bertz CT molecular complexity index is 1030. The highest BCUT2D eigenvalue weighted by atomic mass is 32.2. The number of carbonyl (C=O) groups is 1. The number of hydrogen-bond acceptors (Lipinski definition) is 5. The van der Waals surface area contributed by atoms with Crippen molar-refractivity contribution in [2.45, 2.75) is 51.2 Å². The molecule has 0 spiro atoms. The van der Waals surface area contributed by atoms with Gasteiger partial charge in [-0.25, -0.2) is 0 Å². The summed E-state index contributed by atoms with van der Waals surface area (Å²) in [6.45, 7) is 5.56. The van der Waals surface area contributed by atoms with E-state index in [1.807, 2.05) is 35.7 Å². The van der Waals surface area contributed by atoms with E-state index in [-0.39, 0.29) is 11.5 Å². The molecule has 0 saturated heterocycles. The van der Waals surface area contributed by atoms with Gasteiger partial charge in [-0.1, -0.05) is 50.6 Å². The number of fused-ring (bicyclic) bond motifs is 3. The van der Waals surface area contributed by atoms with Crippen LogP contribution in [0.25, 0.3) is 16.7 Å². The van der Waals surface area contributed by atoms with E-state index < -0.39 is 0 Å². The Balaban J connectivity index is 1.97. The van der Waals surface area contributed by atoms with E-state index in [1.54, 1.807) is 9.47 Å². The summed E-state index contributed by atoms with van der Waals surface area (Å²) in [7, 11) is 1.83. The molecule has 28 heavy (non-hydrogen) atoms. The van der Waals surface area contributed by atoms with E-state index in [0.717, 1.165) is 37.7 Å². The normalized spacial score (nSPS) is 11.4. The monoisotopic (exact) mass is 401 g/mol. The first-order chi connectivity index (χ1) is 13.6. The Morgan fingerprint density at radius 3 is 2.64 bits per heavy atom. The molecule has 0 atom stereocenters. The molecule has 0 bridgehead atoms. The van der Waals surface area contributed by atoms with E-state index in [9.17, 15) is 9.59 Å². The lowest BCUT2D eigenvalue weighted by Gasteiger charge is -2.16. The van der Waals surface area contributed by atoms with Crippen LogP contribution in [0.2, 0.25) is 0 Å². The lowest BCUT2D eigenvalue weighted by molar-refractivity contribution is -0.127. The summed E-state index contributed by atoms with van der Waals surface area (Å²) in [6.07, 6.45) is 3.93. The van der Waals surface area contributed by atoms with Gasteiger partial charge in [0.15, 0.2) is 5.16 Å². The molecule has 0 aliphatic rings. The number of unbranched alkanes of at least 4 members (excludes halogenated alkanes) is 2. The van der Waals surface area contributed by atoms with E-state index in [4.69, 9.17) is 0 Å². The van der Waals surface area contributed by atoms with Crippen LogP contribution in [-0.2, 0) is 11.3 Å². The molecule has 0 aliphatic carbocycles. The summed E-state index contributed by atoms with van der Waals surface area (Å²) in [4.78, 5) is 27.1. The van der Waals surface area contributed by atoms with Crippen LogP contribution in [0, 0.1) is 0 Å². The Morgan fingerprint density at radius 2 is 1.89 bits per heavy atom. The van der Waals surface area contributed by atoms with Gasteiger partial charge in [-0.2, -0.15) is 0 Å². The molecule has 150 valence electrons. The minimum Gasteiger partial charge on any atom is -0.345 e. The van der Waals surface area contributed by atoms with Crippen LogP contribution < -0.4 is 5.56 Å². The number of aromatic nitrogens is 4. The molecule has 0 N–H and O–H groups in total. The van der Waals surface area contributed by atoms with E-state index in [1.165, 1.54) is 11.8 Å². The van der Waals surface area contributed by atoms with Crippen molar-refractivity contribution < 1.29 is 4.79 Å². The number of rotatable bonds is 9. The third kappa shape index (κ3) is 4.06. The number of para-hydroxylation sites is 1. The minimum absolute atomic E-state index is 0.0455. The number of nitrogens with zero attached hydrogens (tertiary/aromatic N) is 5. The fourth-order valence-corrected chi connectivity index (χ4v) is 3.98. The molecule has 3 rings (SSSR count). The maximum atomic E-state index is 12.9. The first kappa shape index (κ1) is 20.4. The first-order valence-electron chi connectivity index (χ1n) is 9.81. The summed E-state index contributed by atoms with van der Waals surface area (Å²) in [5, 5.41) is 9.85. The van der Waals surface area contributed by atoms with Gasteiger partial charge < -0.3 is 4.90 Å². The summed E-state index contributed by atoms with van der Waals surface area (Å²) >= 11 is 1.36. The lowest BCUT2D eigenvalue weighted by atomic mass is 10.2. The zero-order chi connectivity index (χ0) is 20.1. The van der Waals surface area contributed by atoms with Gasteiger partial charge in [0.25, 0.3) is 5.56 Å². The van der Waals surface area contributed by atoms with Gasteiger partial charge in [0.1, 0.15) is 0 Å². The van der Waals surface area contributed by atoms with Crippen molar-refractivity contribution in [3.05, 3.63) is 34.6 Å².